The second-order valence-electron chi connectivity index (χ2n) is 5.44. The molecule has 3 atom stereocenters. The molecule has 0 aromatic heterocycles. The minimum absolute atomic E-state index is 0.0621. The first-order valence-corrected chi connectivity index (χ1v) is 11.4. The first kappa shape index (κ1) is 13.6. The summed E-state index contributed by atoms with van der Waals surface area (Å²) in [5.41, 5.74) is 12.2. The number of nitrogens with two attached hydrogens (primary N) is 2. The van der Waals surface area contributed by atoms with Crippen molar-refractivity contribution in [3.05, 3.63) is 5.92 Å². The Bertz CT molecular complexity index is 222. The maximum atomic E-state index is 6.43. The van der Waals surface area contributed by atoms with E-state index in [4.69, 9.17) is 30.3 Å². The zero-order valence-corrected chi connectivity index (χ0v) is 13.0. The van der Waals surface area contributed by atoms with Crippen molar-refractivity contribution in [2.45, 2.75) is 37.6 Å². The van der Waals surface area contributed by atoms with Gasteiger partial charge in [0.2, 0.25) is 0 Å². The molecule has 4 saturated carbocycles. The number of halogens is 2. The van der Waals surface area contributed by atoms with E-state index in [9.17, 15) is 0 Å². The quantitative estimate of drug-likeness (QED) is 0.610. The fraction of sp³-hybridized carbons (Fsp3) is 0.909. The summed E-state index contributed by atoms with van der Waals surface area (Å²) < 4.78 is 0. The van der Waals surface area contributed by atoms with Crippen molar-refractivity contribution >= 4 is 18.8 Å². The molecule has 0 amide bonds. The Hall–Kier alpha value is 1.19. The van der Waals surface area contributed by atoms with Crippen LogP contribution in [0.5, 0.6) is 0 Å². The van der Waals surface area contributed by atoms with E-state index in [2.05, 4.69) is 0 Å². The molecule has 4 bridgehead atoms. The molecule has 4 fully saturated rings. The van der Waals surface area contributed by atoms with Crippen molar-refractivity contribution in [2.24, 2.45) is 29.2 Å². The first-order chi connectivity index (χ1) is 7.63. The molecular formula is C11H19Cl2N2Pt-. The molecule has 0 heterocycles. The van der Waals surface area contributed by atoms with E-state index in [0.717, 1.165) is 17.8 Å². The summed E-state index contributed by atoms with van der Waals surface area (Å²) in [6, 6.07) is 0. The van der Waals surface area contributed by atoms with E-state index in [-0.39, 0.29) is 5.54 Å². The summed E-state index contributed by atoms with van der Waals surface area (Å²) in [6.07, 6.45) is 6.77. The van der Waals surface area contributed by atoms with E-state index < -0.39 is 16.5 Å². The van der Waals surface area contributed by atoms with Crippen molar-refractivity contribution in [2.75, 3.05) is 6.54 Å². The van der Waals surface area contributed by atoms with E-state index in [1.54, 1.807) is 5.92 Å². The van der Waals surface area contributed by atoms with Crippen LogP contribution in [0.4, 0.5) is 0 Å². The topological polar surface area (TPSA) is 52.0 Å². The van der Waals surface area contributed by atoms with Crippen LogP contribution in [0.2, 0.25) is 0 Å². The molecule has 4 aliphatic rings. The zero-order chi connectivity index (χ0) is 11.8. The van der Waals surface area contributed by atoms with Crippen LogP contribution < -0.4 is 11.5 Å². The van der Waals surface area contributed by atoms with Crippen LogP contribution in [0.15, 0.2) is 0 Å². The van der Waals surface area contributed by atoms with E-state index >= 15 is 0 Å². The Labute approximate surface area is 114 Å². The van der Waals surface area contributed by atoms with Gasteiger partial charge in [-0.05, 0) is 12.5 Å². The van der Waals surface area contributed by atoms with Gasteiger partial charge in [-0.3, -0.25) is 5.92 Å². The van der Waals surface area contributed by atoms with Crippen molar-refractivity contribution in [3.8, 4) is 0 Å². The average molecular weight is 445 g/mol. The predicted octanol–water partition coefficient (Wildman–Crippen LogP) is 2.43. The SMILES string of the molecule is NCC1(N)[C-]2CC3CC(C2)CC1C3.[Cl][Pt][Cl]. The van der Waals surface area contributed by atoms with Gasteiger partial charge in [0.05, 0.1) is 0 Å². The third-order valence-corrected chi connectivity index (χ3v) is 4.70. The predicted molar refractivity (Wildman–Crippen MR) is 64.5 cm³/mol. The Balaban J connectivity index is 0.000000292. The van der Waals surface area contributed by atoms with Gasteiger partial charge in [0.15, 0.2) is 0 Å². The molecule has 0 aromatic rings. The van der Waals surface area contributed by atoms with Crippen LogP contribution in [0.1, 0.15) is 32.1 Å². The molecule has 0 saturated heterocycles. The van der Waals surface area contributed by atoms with Crippen molar-refractivity contribution in [3.63, 3.8) is 0 Å². The van der Waals surface area contributed by atoms with Crippen LogP contribution in [0.25, 0.3) is 0 Å². The Morgan fingerprint density at radius 1 is 1.19 bits per heavy atom. The van der Waals surface area contributed by atoms with E-state index in [1.807, 2.05) is 0 Å². The number of hydrogen-bond donors (Lipinski definition) is 2. The van der Waals surface area contributed by atoms with Crippen LogP contribution in [0, 0.1) is 23.7 Å². The molecule has 5 heteroatoms. The molecule has 2 nitrogen and oxygen atoms in total. The van der Waals surface area contributed by atoms with Crippen molar-refractivity contribution in [1.29, 1.82) is 0 Å². The Morgan fingerprint density at radius 3 is 2.06 bits per heavy atom. The van der Waals surface area contributed by atoms with Crippen LogP contribution in [-0.2, 0) is 16.5 Å². The van der Waals surface area contributed by atoms with Crippen molar-refractivity contribution < 1.29 is 16.5 Å². The van der Waals surface area contributed by atoms with E-state index in [0.29, 0.717) is 6.54 Å². The zero-order valence-electron chi connectivity index (χ0n) is 9.20. The Morgan fingerprint density at radius 2 is 1.69 bits per heavy atom. The minimum atomic E-state index is -0.472. The Kier molecular flexibility index (Phi) is 4.63. The van der Waals surface area contributed by atoms with Crippen LogP contribution in [-0.4, -0.2) is 12.1 Å². The third kappa shape index (κ3) is 2.33. The molecule has 4 N–H and O–H groups in total. The molecule has 4 aliphatic carbocycles. The van der Waals surface area contributed by atoms with E-state index in [1.165, 1.54) is 32.1 Å². The fourth-order valence-electron chi connectivity index (χ4n) is 4.08. The molecule has 0 spiro atoms. The second-order valence-corrected chi connectivity index (χ2v) is 8.72. The average Bonchev–Trinajstić information content (AvgIpc) is 2.26. The van der Waals surface area contributed by atoms with Gasteiger partial charge in [-0.15, -0.1) is 0 Å². The third-order valence-electron chi connectivity index (χ3n) is 4.70. The number of rotatable bonds is 1. The molecule has 16 heavy (non-hydrogen) atoms. The van der Waals surface area contributed by atoms with Gasteiger partial charge in [-0.1, -0.05) is 36.6 Å². The van der Waals surface area contributed by atoms with Gasteiger partial charge in [0.25, 0.3) is 0 Å². The molecule has 4 rings (SSSR count). The van der Waals surface area contributed by atoms with Crippen LogP contribution in [0.3, 0.4) is 0 Å². The van der Waals surface area contributed by atoms with Crippen LogP contribution >= 0.6 is 18.8 Å². The van der Waals surface area contributed by atoms with Crippen molar-refractivity contribution in [1.82, 2.24) is 0 Å². The molecule has 0 aromatic carbocycles. The summed E-state index contributed by atoms with van der Waals surface area (Å²) in [4.78, 5) is 0. The summed E-state index contributed by atoms with van der Waals surface area (Å²) in [7, 11) is 9.75. The van der Waals surface area contributed by atoms with Gasteiger partial charge in [-0.25, -0.2) is 0 Å². The summed E-state index contributed by atoms with van der Waals surface area (Å²) in [6.45, 7) is 0.673. The summed E-state index contributed by atoms with van der Waals surface area (Å²) in [5.74, 6) is 4.27. The van der Waals surface area contributed by atoms with Gasteiger partial charge >= 0.3 is 35.3 Å². The van der Waals surface area contributed by atoms with Gasteiger partial charge in [0.1, 0.15) is 0 Å². The molecule has 0 aliphatic heterocycles. The maximum absolute atomic E-state index is 6.43. The summed E-state index contributed by atoms with van der Waals surface area (Å²) >= 11 is -0.472. The summed E-state index contributed by atoms with van der Waals surface area (Å²) in [5, 5.41) is 0. The monoisotopic (exact) mass is 444 g/mol. The van der Waals surface area contributed by atoms with Gasteiger partial charge in [-0.2, -0.15) is 12.8 Å². The molecular weight excluding hydrogens is 426 g/mol. The standard InChI is InChI=1S/C11H19N2.2ClH.Pt/c12-6-11(13)9-2-7-1-8(4-9)5-10(11)3-7;;;/h7-9H,1-6,12-13H2;2*1H;/q-1;;;+2/p-2. The van der Waals surface area contributed by atoms with Gasteiger partial charge < -0.3 is 11.5 Å². The number of hydrogen-bond acceptors (Lipinski definition) is 2. The molecule has 0 radical (unpaired) electrons. The molecule has 3 unspecified atom stereocenters. The normalized spacial score (nSPS) is 45.6. The second kappa shape index (κ2) is 5.45. The molecule has 98 valence electrons. The van der Waals surface area contributed by atoms with Gasteiger partial charge in [0, 0.05) is 0 Å². The fourth-order valence-corrected chi connectivity index (χ4v) is 4.08. The first-order valence-electron chi connectivity index (χ1n) is 5.80.